The largest absolute Gasteiger partial charge is 0.366 e. The second-order valence-corrected chi connectivity index (χ2v) is 4.78. The van der Waals surface area contributed by atoms with Crippen molar-refractivity contribution in [3.8, 4) is 0 Å². The second kappa shape index (κ2) is 6.48. The maximum absolute atomic E-state index is 14.1. The fourth-order valence-electron chi connectivity index (χ4n) is 2.23. The van der Waals surface area contributed by atoms with Gasteiger partial charge in [0.05, 0.1) is 0 Å². The zero-order valence-corrected chi connectivity index (χ0v) is 11.7. The van der Waals surface area contributed by atoms with Crippen molar-refractivity contribution >= 4 is 5.69 Å². The van der Waals surface area contributed by atoms with Crippen LogP contribution in [0.3, 0.4) is 0 Å². The van der Waals surface area contributed by atoms with E-state index in [0.29, 0.717) is 18.7 Å². The van der Waals surface area contributed by atoms with Crippen LogP contribution in [-0.2, 0) is 13.1 Å². The average Bonchev–Trinajstić information content (AvgIpc) is 2.39. The van der Waals surface area contributed by atoms with E-state index in [1.807, 2.05) is 30.3 Å². The van der Waals surface area contributed by atoms with E-state index >= 15 is 0 Å². The third-order valence-electron chi connectivity index (χ3n) is 3.10. The first kappa shape index (κ1) is 14.5. The van der Waals surface area contributed by atoms with Crippen molar-refractivity contribution in [1.29, 1.82) is 0 Å². The molecule has 0 heterocycles. The van der Waals surface area contributed by atoms with Gasteiger partial charge in [-0.05, 0) is 30.3 Å². The summed E-state index contributed by atoms with van der Waals surface area (Å²) in [5.74, 6) is -1.07. The van der Waals surface area contributed by atoms with Gasteiger partial charge in [0.15, 0.2) is 0 Å². The molecule has 4 heteroatoms. The molecule has 1 N–H and O–H groups in total. The Morgan fingerprint density at radius 2 is 1.60 bits per heavy atom. The SMILES string of the molecule is CNCc1cc(F)c(N(C)Cc2ccccc2)c(F)c1. The van der Waals surface area contributed by atoms with Gasteiger partial charge in [-0.2, -0.15) is 0 Å². The predicted molar refractivity (Wildman–Crippen MR) is 77.7 cm³/mol. The Labute approximate surface area is 118 Å². The van der Waals surface area contributed by atoms with E-state index in [1.54, 1.807) is 19.0 Å². The molecule has 0 aliphatic carbocycles. The molecule has 0 aromatic heterocycles. The number of benzene rings is 2. The minimum atomic E-state index is -0.534. The number of hydrogen-bond acceptors (Lipinski definition) is 2. The zero-order chi connectivity index (χ0) is 14.5. The molecule has 0 fully saturated rings. The molecule has 0 unspecified atom stereocenters. The summed E-state index contributed by atoms with van der Waals surface area (Å²) in [7, 11) is 3.43. The van der Waals surface area contributed by atoms with Crippen LogP contribution in [0.5, 0.6) is 0 Å². The van der Waals surface area contributed by atoms with Gasteiger partial charge in [0.1, 0.15) is 17.3 Å². The van der Waals surface area contributed by atoms with Crippen molar-refractivity contribution in [3.63, 3.8) is 0 Å². The normalized spacial score (nSPS) is 10.6. The van der Waals surface area contributed by atoms with Crippen molar-refractivity contribution in [3.05, 3.63) is 65.2 Å². The Kier molecular flexibility index (Phi) is 4.69. The average molecular weight is 276 g/mol. The lowest BCUT2D eigenvalue weighted by molar-refractivity contribution is 0.571. The maximum Gasteiger partial charge on any atom is 0.149 e. The van der Waals surface area contributed by atoms with Gasteiger partial charge in [0.25, 0.3) is 0 Å². The second-order valence-electron chi connectivity index (χ2n) is 4.78. The molecule has 0 amide bonds. The molecule has 0 aliphatic rings. The highest BCUT2D eigenvalue weighted by molar-refractivity contribution is 5.50. The highest BCUT2D eigenvalue weighted by Crippen LogP contribution is 2.25. The van der Waals surface area contributed by atoms with Crippen LogP contribution >= 0.6 is 0 Å². The van der Waals surface area contributed by atoms with Gasteiger partial charge in [-0.15, -0.1) is 0 Å². The van der Waals surface area contributed by atoms with Crippen molar-refractivity contribution in [2.75, 3.05) is 19.0 Å². The van der Waals surface area contributed by atoms with Crippen LogP contribution in [0.15, 0.2) is 42.5 Å². The smallest absolute Gasteiger partial charge is 0.149 e. The van der Waals surface area contributed by atoms with Crippen LogP contribution in [0.1, 0.15) is 11.1 Å². The first-order valence-corrected chi connectivity index (χ1v) is 6.49. The van der Waals surface area contributed by atoms with Crippen LogP contribution in [0.2, 0.25) is 0 Å². The van der Waals surface area contributed by atoms with Crippen molar-refractivity contribution in [2.24, 2.45) is 0 Å². The molecule has 0 aliphatic heterocycles. The molecular weight excluding hydrogens is 258 g/mol. The molecule has 0 saturated heterocycles. The van der Waals surface area contributed by atoms with Gasteiger partial charge in [-0.25, -0.2) is 8.78 Å². The molecule has 2 aromatic rings. The zero-order valence-electron chi connectivity index (χ0n) is 11.7. The van der Waals surface area contributed by atoms with Crippen LogP contribution in [0, 0.1) is 11.6 Å². The fraction of sp³-hybridized carbons (Fsp3) is 0.250. The first-order valence-electron chi connectivity index (χ1n) is 6.49. The Balaban J connectivity index is 2.23. The highest BCUT2D eigenvalue weighted by atomic mass is 19.1. The number of nitrogens with one attached hydrogen (secondary N) is 1. The summed E-state index contributed by atoms with van der Waals surface area (Å²) < 4.78 is 28.2. The van der Waals surface area contributed by atoms with Gasteiger partial charge >= 0.3 is 0 Å². The summed E-state index contributed by atoms with van der Waals surface area (Å²) in [6, 6.07) is 12.3. The van der Waals surface area contributed by atoms with Crippen LogP contribution < -0.4 is 10.2 Å². The van der Waals surface area contributed by atoms with Crippen LogP contribution in [0.25, 0.3) is 0 Å². The molecular formula is C16H18F2N2. The molecule has 0 bridgehead atoms. The summed E-state index contributed by atoms with van der Waals surface area (Å²) >= 11 is 0. The lowest BCUT2D eigenvalue weighted by Crippen LogP contribution is -2.19. The molecule has 2 rings (SSSR count). The Morgan fingerprint density at radius 1 is 1.00 bits per heavy atom. The summed E-state index contributed by atoms with van der Waals surface area (Å²) in [5, 5.41) is 2.88. The molecule has 106 valence electrons. The van der Waals surface area contributed by atoms with Crippen LogP contribution in [-0.4, -0.2) is 14.1 Å². The maximum atomic E-state index is 14.1. The van der Waals surface area contributed by atoms with E-state index in [0.717, 1.165) is 5.56 Å². The summed E-state index contributed by atoms with van der Waals surface area (Å²) in [6.45, 7) is 0.899. The van der Waals surface area contributed by atoms with Crippen molar-refractivity contribution in [2.45, 2.75) is 13.1 Å². The summed E-state index contributed by atoms with van der Waals surface area (Å²) in [4.78, 5) is 1.59. The quantitative estimate of drug-likeness (QED) is 0.901. The summed E-state index contributed by atoms with van der Waals surface area (Å²) in [5.41, 5.74) is 1.61. The summed E-state index contributed by atoms with van der Waals surface area (Å²) in [6.07, 6.45) is 0. The van der Waals surface area contributed by atoms with Gasteiger partial charge in [-0.1, -0.05) is 30.3 Å². The molecule has 2 nitrogen and oxygen atoms in total. The third-order valence-corrected chi connectivity index (χ3v) is 3.10. The Hall–Kier alpha value is -1.94. The number of rotatable bonds is 5. The van der Waals surface area contributed by atoms with Gasteiger partial charge in [-0.3, -0.25) is 0 Å². The van der Waals surface area contributed by atoms with E-state index in [9.17, 15) is 8.78 Å². The highest BCUT2D eigenvalue weighted by Gasteiger charge is 2.15. The fourth-order valence-corrected chi connectivity index (χ4v) is 2.23. The topological polar surface area (TPSA) is 15.3 Å². The molecule has 20 heavy (non-hydrogen) atoms. The molecule has 2 aromatic carbocycles. The first-order chi connectivity index (χ1) is 9.61. The number of halogens is 2. The van der Waals surface area contributed by atoms with Gasteiger partial charge in [0.2, 0.25) is 0 Å². The van der Waals surface area contributed by atoms with E-state index in [1.165, 1.54) is 12.1 Å². The lowest BCUT2D eigenvalue weighted by atomic mass is 10.1. The number of hydrogen-bond donors (Lipinski definition) is 1. The lowest BCUT2D eigenvalue weighted by Gasteiger charge is -2.21. The van der Waals surface area contributed by atoms with Crippen LogP contribution in [0.4, 0.5) is 14.5 Å². The van der Waals surface area contributed by atoms with E-state index in [4.69, 9.17) is 0 Å². The molecule has 0 atom stereocenters. The van der Waals surface area contributed by atoms with Gasteiger partial charge < -0.3 is 10.2 Å². The monoisotopic (exact) mass is 276 g/mol. The van der Waals surface area contributed by atoms with Crippen molar-refractivity contribution in [1.82, 2.24) is 5.32 Å². The molecule has 0 saturated carbocycles. The van der Waals surface area contributed by atoms with Gasteiger partial charge in [0, 0.05) is 20.1 Å². The number of nitrogens with zero attached hydrogens (tertiary/aromatic N) is 1. The van der Waals surface area contributed by atoms with E-state index in [-0.39, 0.29) is 5.69 Å². The predicted octanol–water partition coefficient (Wildman–Crippen LogP) is 3.32. The Morgan fingerprint density at radius 3 is 2.15 bits per heavy atom. The van der Waals surface area contributed by atoms with E-state index < -0.39 is 11.6 Å². The number of anilines is 1. The van der Waals surface area contributed by atoms with Crippen molar-refractivity contribution < 1.29 is 8.78 Å². The minimum Gasteiger partial charge on any atom is -0.366 e. The Bertz CT molecular complexity index is 547. The third kappa shape index (κ3) is 3.33. The van der Waals surface area contributed by atoms with E-state index in [2.05, 4.69) is 5.32 Å². The molecule has 0 spiro atoms. The minimum absolute atomic E-state index is 0.00806. The molecule has 0 radical (unpaired) electrons. The standard InChI is InChI=1S/C16H18F2N2/c1-19-10-13-8-14(17)16(15(18)9-13)20(2)11-12-6-4-3-5-7-12/h3-9,19H,10-11H2,1-2H3.